The molecule has 0 radical (unpaired) electrons. The van der Waals surface area contributed by atoms with Gasteiger partial charge in [0.1, 0.15) is 5.75 Å². The minimum Gasteiger partial charge on any atom is -0.484 e. The van der Waals surface area contributed by atoms with E-state index in [1.54, 1.807) is 42.5 Å². The molecule has 0 saturated carbocycles. The predicted octanol–water partition coefficient (Wildman–Crippen LogP) is 6.04. The molecule has 160 valence electrons. The van der Waals surface area contributed by atoms with Gasteiger partial charge in [-0.3, -0.25) is 9.59 Å². The van der Waals surface area contributed by atoms with Crippen LogP contribution in [0.15, 0.2) is 66.7 Å². The topological polar surface area (TPSA) is 67.4 Å². The molecule has 0 aliphatic rings. The number of ether oxygens (including phenoxy) is 1. The predicted molar refractivity (Wildman–Crippen MR) is 125 cm³/mol. The lowest BCUT2D eigenvalue weighted by Crippen LogP contribution is -2.21. The van der Waals surface area contributed by atoms with Crippen LogP contribution in [0.5, 0.6) is 5.75 Å². The Morgan fingerprint density at radius 2 is 1.58 bits per heavy atom. The molecule has 0 spiro atoms. The fourth-order valence-corrected chi connectivity index (χ4v) is 3.26. The Morgan fingerprint density at radius 3 is 2.29 bits per heavy atom. The molecule has 0 heterocycles. The Hall–Kier alpha value is -3.31. The number of amides is 2. The lowest BCUT2D eigenvalue weighted by atomic mass is 10.0. The lowest BCUT2D eigenvalue weighted by Gasteiger charge is -2.14. The molecule has 6 heteroatoms. The van der Waals surface area contributed by atoms with Crippen LogP contribution in [-0.4, -0.2) is 18.4 Å². The summed E-state index contributed by atoms with van der Waals surface area (Å²) < 4.78 is 5.57. The number of carbonyl (C=O) groups is 2. The van der Waals surface area contributed by atoms with Crippen LogP contribution in [0.3, 0.4) is 0 Å². The van der Waals surface area contributed by atoms with Gasteiger partial charge in [0.2, 0.25) is 0 Å². The maximum Gasteiger partial charge on any atom is 0.262 e. The Bertz CT molecular complexity index is 1080. The Morgan fingerprint density at radius 1 is 0.903 bits per heavy atom. The number of anilines is 2. The second-order valence-corrected chi connectivity index (χ2v) is 7.88. The minimum absolute atomic E-state index is 0.125. The summed E-state index contributed by atoms with van der Waals surface area (Å²) in [6.45, 7) is 5.87. The molecule has 3 aromatic carbocycles. The van der Waals surface area contributed by atoms with Gasteiger partial charge in [-0.2, -0.15) is 0 Å². The SMILES string of the molecule is Cc1c(Cl)cccc1NC(=O)c1ccc(OCC(=O)Nc2ccccc2C(C)C)cc1. The first-order valence-electron chi connectivity index (χ1n) is 10.0. The summed E-state index contributed by atoms with van der Waals surface area (Å²) in [6, 6.07) is 19.7. The average Bonchev–Trinajstić information content (AvgIpc) is 2.76. The van der Waals surface area contributed by atoms with E-state index in [1.165, 1.54) is 0 Å². The second-order valence-electron chi connectivity index (χ2n) is 7.47. The maximum atomic E-state index is 12.5. The summed E-state index contributed by atoms with van der Waals surface area (Å²) in [5, 5.41) is 6.33. The third-order valence-electron chi connectivity index (χ3n) is 4.86. The van der Waals surface area contributed by atoms with Crippen LogP contribution in [0.25, 0.3) is 0 Å². The van der Waals surface area contributed by atoms with Crippen molar-refractivity contribution in [2.45, 2.75) is 26.7 Å². The first kappa shape index (κ1) is 22.4. The molecule has 0 aliphatic carbocycles. The van der Waals surface area contributed by atoms with E-state index >= 15 is 0 Å². The smallest absolute Gasteiger partial charge is 0.262 e. The molecule has 3 aromatic rings. The largest absolute Gasteiger partial charge is 0.484 e. The van der Waals surface area contributed by atoms with Crippen molar-refractivity contribution in [2.24, 2.45) is 0 Å². The normalized spacial score (nSPS) is 10.6. The van der Waals surface area contributed by atoms with Crippen molar-refractivity contribution in [1.29, 1.82) is 0 Å². The van der Waals surface area contributed by atoms with Crippen molar-refractivity contribution in [2.75, 3.05) is 17.2 Å². The summed E-state index contributed by atoms with van der Waals surface area (Å²) >= 11 is 6.10. The van der Waals surface area contributed by atoms with Gasteiger partial charge < -0.3 is 15.4 Å². The van der Waals surface area contributed by atoms with Crippen molar-refractivity contribution < 1.29 is 14.3 Å². The van der Waals surface area contributed by atoms with Crippen molar-refractivity contribution in [3.63, 3.8) is 0 Å². The van der Waals surface area contributed by atoms with Crippen LogP contribution in [0.2, 0.25) is 5.02 Å². The molecule has 2 N–H and O–H groups in total. The summed E-state index contributed by atoms with van der Waals surface area (Å²) in [5.41, 5.74) is 3.80. The first-order valence-corrected chi connectivity index (χ1v) is 10.4. The van der Waals surface area contributed by atoms with Crippen LogP contribution >= 0.6 is 11.6 Å². The quantitative estimate of drug-likeness (QED) is 0.474. The zero-order valence-electron chi connectivity index (χ0n) is 17.7. The highest BCUT2D eigenvalue weighted by Crippen LogP contribution is 2.25. The van der Waals surface area contributed by atoms with E-state index in [2.05, 4.69) is 24.5 Å². The third kappa shape index (κ3) is 5.86. The molecular weight excluding hydrogens is 412 g/mol. The number of benzene rings is 3. The highest BCUT2D eigenvalue weighted by atomic mass is 35.5. The first-order chi connectivity index (χ1) is 14.8. The van der Waals surface area contributed by atoms with Crippen LogP contribution in [0, 0.1) is 6.92 Å². The van der Waals surface area contributed by atoms with Gasteiger partial charge in [-0.05, 0) is 66.4 Å². The molecule has 0 atom stereocenters. The van der Waals surface area contributed by atoms with Gasteiger partial charge in [0.15, 0.2) is 6.61 Å². The number of nitrogens with one attached hydrogen (secondary N) is 2. The van der Waals surface area contributed by atoms with E-state index in [-0.39, 0.29) is 18.4 Å². The lowest BCUT2D eigenvalue weighted by molar-refractivity contribution is -0.118. The molecule has 3 rings (SSSR count). The summed E-state index contributed by atoms with van der Waals surface area (Å²) in [6.07, 6.45) is 0. The third-order valence-corrected chi connectivity index (χ3v) is 5.27. The number of halogens is 1. The monoisotopic (exact) mass is 436 g/mol. The van der Waals surface area contributed by atoms with Gasteiger partial charge in [0, 0.05) is 22.0 Å². The van der Waals surface area contributed by atoms with Gasteiger partial charge in [-0.15, -0.1) is 0 Å². The van der Waals surface area contributed by atoms with E-state index in [9.17, 15) is 9.59 Å². The van der Waals surface area contributed by atoms with Crippen molar-refractivity contribution in [3.8, 4) is 5.75 Å². The minimum atomic E-state index is -0.250. The molecule has 5 nitrogen and oxygen atoms in total. The van der Waals surface area contributed by atoms with E-state index in [0.29, 0.717) is 27.9 Å². The van der Waals surface area contributed by atoms with Crippen molar-refractivity contribution in [3.05, 3.63) is 88.4 Å². The standard InChI is InChI=1S/C25H25ClN2O3/c1-16(2)20-7-4-5-9-23(20)27-24(29)15-31-19-13-11-18(12-14-19)25(30)28-22-10-6-8-21(26)17(22)3/h4-14,16H,15H2,1-3H3,(H,27,29)(H,28,30). The van der Waals surface area contributed by atoms with E-state index < -0.39 is 0 Å². The second kappa shape index (κ2) is 10.1. The Kier molecular flexibility index (Phi) is 7.32. The fraction of sp³-hybridized carbons (Fsp3) is 0.200. The van der Waals surface area contributed by atoms with E-state index in [0.717, 1.165) is 16.8 Å². The summed E-state index contributed by atoms with van der Waals surface area (Å²) in [7, 11) is 0. The number of rotatable bonds is 7. The molecule has 0 bridgehead atoms. The van der Waals surface area contributed by atoms with Crippen molar-refractivity contribution >= 4 is 34.8 Å². The Labute approximate surface area is 187 Å². The molecule has 0 fully saturated rings. The van der Waals surface area contributed by atoms with Gasteiger partial charge in [0.25, 0.3) is 11.8 Å². The molecule has 0 aromatic heterocycles. The molecule has 31 heavy (non-hydrogen) atoms. The highest BCUT2D eigenvalue weighted by molar-refractivity contribution is 6.31. The van der Waals surface area contributed by atoms with Crippen LogP contribution in [-0.2, 0) is 4.79 Å². The van der Waals surface area contributed by atoms with Gasteiger partial charge >= 0.3 is 0 Å². The zero-order valence-corrected chi connectivity index (χ0v) is 18.5. The maximum absolute atomic E-state index is 12.5. The number of hydrogen-bond acceptors (Lipinski definition) is 3. The zero-order chi connectivity index (χ0) is 22.4. The van der Waals surface area contributed by atoms with Gasteiger partial charge in [-0.25, -0.2) is 0 Å². The fourth-order valence-electron chi connectivity index (χ4n) is 3.09. The number of hydrogen-bond donors (Lipinski definition) is 2. The number of carbonyl (C=O) groups excluding carboxylic acids is 2. The molecular formula is C25H25ClN2O3. The molecule has 0 unspecified atom stereocenters. The summed E-state index contributed by atoms with van der Waals surface area (Å²) in [4.78, 5) is 24.8. The van der Waals surface area contributed by atoms with Crippen LogP contribution in [0.4, 0.5) is 11.4 Å². The molecule has 2 amide bonds. The highest BCUT2D eigenvalue weighted by Gasteiger charge is 2.11. The number of para-hydroxylation sites is 1. The van der Waals surface area contributed by atoms with Gasteiger partial charge in [0.05, 0.1) is 0 Å². The molecule has 0 aliphatic heterocycles. The molecule has 0 saturated heterocycles. The van der Waals surface area contributed by atoms with Gasteiger partial charge in [-0.1, -0.05) is 49.7 Å². The van der Waals surface area contributed by atoms with E-state index in [1.807, 2.05) is 31.2 Å². The van der Waals surface area contributed by atoms with Crippen molar-refractivity contribution in [1.82, 2.24) is 0 Å². The van der Waals surface area contributed by atoms with Crippen LogP contribution in [0.1, 0.15) is 41.3 Å². The summed E-state index contributed by atoms with van der Waals surface area (Å²) in [5.74, 6) is 0.306. The van der Waals surface area contributed by atoms with Crippen LogP contribution < -0.4 is 15.4 Å². The van der Waals surface area contributed by atoms with E-state index in [4.69, 9.17) is 16.3 Å². The Balaban J connectivity index is 1.56. The average molecular weight is 437 g/mol.